The molecule has 1 aromatic rings. The molecule has 1 aliphatic rings. The van der Waals surface area contributed by atoms with E-state index in [1.54, 1.807) is 0 Å². The molecule has 4 nitrogen and oxygen atoms in total. The number of rotatable bonds is 5. The van der Waals surface area contributed by atoms with Crippen LogP contribution in [0.4, 0.5) is 0 Å². The topological polar surface area (TPSA) is 61.8 Å². The van der Waals surface area contributed by atoms with Crippen LogP contribution in [0.25, 0.3) is 0 Å². The van der Waals surface area contributed by atoms with Gasteiger partial charge >= 0.3 is 0 Å². The third kappa shape index (κ3) is 3.47. The number of amidine groups is 1. The fourth-order valence-corrected chi connectivity index (χ4v) is 2.64. The van der Waals surface area contributed by atoms with Gasteiger partial charge in [0.25, 0.3) is 0 Å². The van der Waals surface area contributed by atoms with Crippen molar-refractivity contribution in [2.24, 2.45) is 10.9 Å². The molecule has 4 heteroatoms. The van der Waals surface area contributed by atoms with Crippen LogP contribution in [-0.2, 0) is 6.54 Å². The van der Waals surface area contributed by atoms with E-state index in [0.29, 0.717) is 12.6 Å². The van der Waals surface area contributed by atoms with Gasteiger partial charge in [0, 0.05) is 12.6 Å². The van der Waals surface area contributed by atoms with E-state index < -0.39 is 0 Å². The SMILES string of the molecule is NC(CN(Cc1ccccc1)C1CCCC1)=NO. The van der Waals surface area contributed by atoms with Gasteiger partial charge in [-0.05, 0) is 18.4 Å². The Labute approximate surface area is 108 Å². The first-order valence-electron chi connectivity index (χ1n) is 6.54. The van der Waals surface area contributed by atoms with Gasteiger partial charge in [0.05, 0.1) is 6.54 Å². The molecule has 0 heterocycles. The number of hydrogen-bond donors (Lipinski definition) is 2. The van der Waals surface area contributed by atoms with Crippen molar-refractivity contribution in [3.63, 3.8) is 0 Å². The zero-order chi connectivity index (χ0) is 12.8. The van der Waals surface area contributed by atoms with Crippen molar-refractivity contribution < 1.29 is 5.21 Å². The van der Waals surface area contributed by atoms with Crippen molar-refractivity contribution in [3.8, 4) is 0 Å². The number of oxime groups is 1. The Bertz CT molecular complexity index is 385. The summed E-state index contributed by atoms with van der Waals surface area (Å²) in [5.41, 5.74) is 6.93. The normalized spacial score (nSPS) is 17.5. The van der Waals surface area contributed by atoms with Crippen LogP contribution in [0.5, 0.6) is 0 Å². The van der Waals surface area contributed by atoms with Crippen molar-refractivity contribution in [2.45, 2.75) is 38.3 Å². The minimum absolute atomic E-state index is 0.290. The standard InChI is InChI=1S/C14H21N3O/c15-14(16-18)11-17(13-8-4-5-9-13)10-12-6-2-1-3-7-12/h1-3,6-7,13,18H,4-5,8-11H2,(H2,15,16). The molecule has 98 valence electrons. The molecule has 1 saturated carbocycles. The lowest BCUT2D eigenvalue weighted by atomic mass is 10.1. The first kappa shape index (κ1) is 12.9. The van der Waals surface area contributed by atoms with Crippen LogP contribution in [0.1, 0.15) is 31.2 Å². The highest BCUT2D eigenvalue weighted by atomic mass is 16.4. The van der Waals surface area contributed by atoms with Gasteiger partial charge in [0.2, 0.25) is 0 Å². The molecule has 3 N–H and O–H groups in total. The molecule has 0 saturated heterocycles. The fourth-order valence-electron chi connectivity index (χ4n) is 2.64. The van der Waals surface area contributed by atoms with Crippen molar-refractivity contribution in [1.82, 2.24) is 4.90 Å². The maximum absolute atomic E-state index is 8.73. The predicted molar refractivity (Wildman–Crippen MR) is 72.5 cm³/mol. The minimum Gasteiger partial charge on any atom is -0.409 e. The highest BCUT2D eigenvalue weighted by Gasteiger charge is 2.23. The molecule has 0 atom stereocenters. The number of hydrogen-bond acceptors (Lipinski definition) is 3. The lowest BCUT2D eigenvalue weighted by Gasteiger charge is -2.28. The predicted octanol–water partition coefficient (Wildman–Crippen LogP) is 2.18. The minimum atomic E-state index is 0.290. The molecule has 0 spiro atoms. The molecule has 18 heavy (non-hydrogen) atoms. The molecule has 1 fully saturated rings. The summed E-state index contributed by atoms with van der Waals surface area (Å²) in [4.78, 5) is 2.32. The monoisotopic (exact) mass is 247 g/mol. The van der Waals surface area contributed by atoms with Crippen LogP contribution >= 0.6 is 0 Å². The highest BCUT2D eigenvalue weighted by Crippen LogP contribution is 2.24. The summed E-state index contributed by atoms with van der Waals surface area (Å²) < 4.78 is 0. The second kappa shape index (κ2) is 6.40. The van der Waals surface area contributed by atoms with Gasteiger partial charge in [-0.15, -0.1) is 0 Å². The van der Waals surface area contributed by atoms with Crippen LogP contribution < -0.4 is 5.73 Å². The van der Waals surface area contributed by atoms with E-state index in [2.05, 4.69) is 22.2 Å². The third-order valence-corrected chi connectivity index (χ3v) is 3.56. The Morgan fingerprint density at radius 1 is 1.28 bits per heavy atom. The van der Waals surface area contributed by atoms with E-state index in [0.717, 1.165) is 6.54 Å². The largest absolute Gasteiger partial charge is 0.409 e. The Morgan fingerprint density at radius 3 is 2.56 bits per heavy atom. The summed E-state index contributed by atoms with van der Waals surface area (Å²) in [5.74, 6) is 0.290. The molecular formula is C14H21N3O. The highest BCUT2D eigenvalue weighted by molar-refractivity contribution is 5.81. The molecule has 0 bridgehead atoms. The van der Waals surface area contributed by atoms with Crippen molar-refractivity contribution in [3.05, 3.63) is 35.9 Å². The van der Waals surface area contributed by atoms with Crippen molar-refractivity contribution in [1.29, 1.82) is 0 Å². The van der Waals surface area contributed by atoms with E-state index in [1.165, 1.54) is 31.2 Å². The molecule has 1 aromatic carbocycles. The van der Waals surface area contributed by atoms with Crippen LogP contribution in [0.2, 0.25) is 0 Å². The van der Waals surface area contributed by atoms with Gasteiger partial charge in [-0.2, -0.15) is 0 Å². The molecule has 0 aromatic heterocycles. The zero-order valence-corrected chi connectivity index (χ0v) is 10.6. The van der Waals surface area contributed by atoms with Gasteiger partial charge in [-0.1, -0.05) is 48.3 Å². The average Bonchev–Trinajstić information content (AvgIpc) is 2.93. The molecule has 2 rings (SSSR count). The van der Waals surface area contributed by atoms with Crippen LogP contribution in [-0.4, -0.2) is 28.5 Å². The maximum atomic E-state index is 8.73. The van der Waals surface area contributed by atoms with Gasteiger partial charge in [0.15, 0.2) is 5.84 Å². The molecule has 0 radical (unpaired) electrons. The van der Waals surface area contributed by atoms with Crippen molar-refractivity contribution >= 4 is 5.84 Å². The van der Waals surface area contributed by atoms with Crippen LogP contribution in [0.15, 0.2) is 35.5 Å². The quantitative estimate of drug-likeness (QED) is 0.363. The second-order valence-electron chi connectivity index (χ2n) is 4.92. The maximum Gasteiger partial charge on any atom is 0.153 e. The van der Waals surface area contributed by atoms with E-state index >= 15 is 0 Å². The summed E-state index contributed by atoms with van der Waals surface area (Å²) in [6.07, 6.45) is 5.00. The summed E-state index contributed by atoms with van der Waals surface area (Å²) in [6, 6.07) is 10.9. The zero-order valence-electron chi connectivity index (χ0n) is 10.6. The van der Waals surface area contributed by atoms with Gasteiger partial charge in [0.1, 0.15) is 0 Å². The third-order valence-electron chi connectivity index (χ3n) is 3.56. The van der Waals surface area contributed by atoms with Crippen molar-refractivity contribution in [2.75, 3.05) is 6.54 Å². The molecule has 0 unspecified atom stereocenters. The Balaban J connectivity index is 2.04. The van der Waals surface area contributed by atoms with E-state index in [1.807, 2.05) is 18.2 Å². The smallest absolute Gasteiger partial charge is 0.153 e. The first-order valence-corrected chi connectivity index (χ1v) is 6.54. The van der Waals surface area contributed by atoms with Crippen LogP contribution in [0.3, 0.4) is 0 Å². The van der Waals surface area contributed by atoms with Crippen LogP contribution in [0, 0.1) is 0 Å². The van der Waals surface area contributed by atoms with E-state index in [4.69, 9.17) is 10.9 Å². The van der Waals surface area contributed by atoms with E-state index in [-0.39, 0.29) is 5.84 Å². The van der Waals surface area contributed by atoms with Gasteiger partial charge < -0.3 is 10.9 Å². The lowest BCUT2D eigenvalue weighted by molar-refractivity contribution is 0.214. The number of nitrogens with two attached hydrogens (primary N) is 1. The lowest BCUT2D eigenvalue weighted by Crippen LogP contribution is -2.39. The van der Waals surface area contributed by atoms with Gasteiger partial charge in [-0.3, -0.25) is 4.90 Å². The summed E-state index contributed by atoms with van der Waals surface area (Å²) in [7, 11) is 0. The summed E-state index contributed by atoms with van der Waals surface area (Å²) in [5, 5.41) is 11.8. The average molecular weight is 247 g/mol. The summed E-state index contributed by atoms with van der Waals surface area (Å²) in [6.45, 7) is 1.40. The molecule has 1 aliphatic carbocycles. The molecule has 0 aliphatic heterocycles. The van der Waals surface area contributed by atoms with Gasteiger partial charge in [-0.25, -0.2) is 0 Å². The second-order valence-corrected chi connectivity index (χ2v) is 4.92. The Morgan fingerprint density at radius 2 is 1.94 bits per heavy atom. The number of nitrogens with zero attached hydrogens (tertiary/aromatic N) is 2. The Hall–Kier alpha value is -1.55. The van der Waals surface area contributed by atoms with E-state index in [9.17, 15) is 0 Å². The first-order chi connectivity index (χ1) is 8.79. The summed E-state index contributed by atoms with van der Waals surface area (Å²) >= 11 is 0. The number of benzene rings is 1. The molecular weight excluding hydrogens is 226 g/mol. The molecule has 0 amide bonds. The Kier molecular flexibility index (Phi) is 4.59. The fraction of sp³-hybridized carbons (Fsp3) is 0.500.